The molecule has 2 N–H and O–H groups in total. The first kappa shape index (κ1) is 25.2. The van der Waals surface area contributed by atoms with E-state index >= 15 is 0 Å². The Kier molecular flexibility index (Phi) is 7.69. The maximum Gasteiger partial charge on any atom is 0.573 e. The average Bonchev–Trinajstić information content (AvgIpc) is 2.78. The van der Waals surface area contributed by atoms with Crippen molar-refractivity contribution in [3.8, 4) is 5.75 Å². The lowest BCUT2D eigenvalue weighted by molar-refractivity contribution is -0.383. The minimum absolute atomic E-state index is 0.139. The molecule has 0 radical (unpaired) electrons. The molecule has 0 aliphatic heterocycles. The second-order valence-corrected chi connectivity index (χ2v) is 7.57. The predicted octanol–water partition coefficient (Wildman–Crippen LogP) is 5.58. The Morgan fingerprint density at radius 3 is 1.97 bits per heavy atom. The summed E-state index contributed by atoms with van der Waals surface area (Å²) in [5, 5.41) is 17.2. The molecule has 3 rings (SSSR count). The monoisotopic (exact) mass is 491 g/mol. The number of nitrogens with one attached hydrogen (secondary N) is 2. The summed E-state index contributed by atoms with van der Waals surface area (Å²) in [4.78, 5) is 30.9. The zero-order valence-corrected chi connectivity index (χ0v) is 18.5. The van der Waals surface area contributed by atoms with Crippen molar-refractivity contribution in [2.75, 3.05) is 17.2 Å². The summed E-state index contributed by atoms with van der Waals surface area (Å²) >= 11 is 0. The molecule has 1 heterocycles. The molecule has 10 nitrogen and oxygen atoms in total. The molecule has 0 aliphatic carbocycles. The van der Waals surface area contributed by atoms with Gasteiger partial charge in [0.15, 0.2) is 0 Å². The minimum atomic E-state index is -4.84. The summed E-state index contributed by atoms with van der Waals surface area (Å²) in [5.74, 6) is -1.08. The SMILES string of the molecule is CC(C)COC(=O)c1ccc(Nc2ncnc(Nc3ccc(OC(F)(F)F)cc3)c2[N+](=O)[O-])cc1. The Hall–Kier alpha value is -4.42. The summed E-state index contributed by atoms with van der Waals surface area (Å²) in [7, 11) is 0. The van der Waals surface area contributed by atoms with Crippen molar-refractivity contribution in [1.29, 1.82) is 0 Å². The number of ether oxygens (including phenoxy) is 2. The molecule has 0 aliphatic rings. The van der Waals surface area contributed by atoms with E-state index in [0.717, 1.165) is 18.5 Å². The second kappa shape index (κ2) is 10.7. The van der Waals surface area contributed by atoms with E-state index in [0.29, 0.717) is 11.3 Å². The van der Waals surface area contributed by atoms with Crippen LogP contribution in [0.15, 0.2) is 54.9 Å². The number of alkyl halides is 3. The van der Waals surface area contributed by atoms with Crippen LogP contribution in [0, 0.1) is 16.0 Å². The number of carbonyl (C=O) groups is 1. The van der Waals surface area contributed by atoms with Gasteiger partial charge in [-0.2, -0.15) is 0 Å². The van der Waals surface area contributed by atoms with Gasteiger partial charge in [-0.25, -0.2) is 14.8 Å². The van der Waals surface area contributed by atoms with Crippen LogP contribution < -0.4 is 15.4 Å². The van der Waals surface area contributed by atoms with Crippen LogP contribution in [0.3, 0.4) is 0 Å². The fourth-order valence-corrected chi connectivity index (χ4v) is 2.76. The molecule has 35 heavy (non-hydrogen) atoms. The fraction of sp³-hybridized carbons (Fsp3) is 0.227. The zero-order valence-electron chi connectivity index (χ0n) is 18.5. The molecular weight excluding hydrogens is 471 g/mol. The Bertz CT molecular complexity index is 1190. The number of rotatable bonds is 9. The molecule has 184 valence electrons. The van der Waals surface area contributed by atoms with Gasteiger partial charge in [0, 0.05) is 11.4 Å². The molecule has 2 aromatic carbocycles. The Morgan fingerprint density at radius 2 is 1.51 bits per heavy atom. The summed E-state index contributed by atoms with van der Waals surface area (Å²) in [5.41, 5.74) is 0.459. The fourth-order valence-electron chi connectivity index (χ4n) is 2.76. The average molecular weight is 491 g/mol. The van der Waals surface area contributed by atoms with Crippen molar-refractivity contribution < 1.29 is 32.4 Å². The quantitative estimate of drug-likeness (QED) is 0.224. The van der Waals surface area contributed by atoms with Gasteiger partial charge in [-0.05, 0) is 54.4 Å². The Labute approximate surface area is 197 Å². The van der Waals surface area contributed by atoms with Crippen LogP contribution in [0.25, 0.3) is 0 Å². The molecule has 0 bridgehead atoms. The Morgan fingerprint density at radius 1 is 1.00 bits per heavy atom. The highest BCUT2D eigenvalue weighted by atomic mass is 19.4. The number of esters is 1. The van der Waals surface area contributed by atoms with E-state index in [-0.39, 0.29) is 29.8 Å². The summed E-state index contributed by atoms with van der Waals surface area (Å²) in [6.45, 7) is 4.10. The number of hydrogen-bond donors (Lipinski definition) is 2. The van der Waals surface area contributed by atoms with Crippen LogP contribution in [0.5, 0.6) is 5.75 Å². The standard InChI is InChI=1S/C22H20F3N5O5/c1-13(2)11-34-21(31)14-3-5-15(6-4-14)28-19-18(30(32)33)20(27-12-26-19)29-16-7-9-17(10-8-16)35-22(23,24)25/h3-10,12-13H,11H2,1-2H3,(H2,26,27,28,29). The van der Waals surface area contributed by atoms with Crippen LogP contribution >= 0.6 is 0 Å². The lowest BCUT2D eigenvalue weighted by Crippen LogP contribution is -2.17. The zero-order chi connectivity index (χ0) is 25.6. The molecule has 1 aromatic heterocycles. The summed E-state index contributed by atoms with van der Waals surface area (Å²) in [6.07, 6.45) is -3.76. The van der Waals surface area contributed by atoms with Crippen molar-refractivity contribution in [2.45, 2.75) is 20.2 Å². The van der Waals surface area contributed by atoms with Crippen molar-refractivity contribution in [1.82, 2.24) is 9.97 Å². The van der Waals surface area contributed by atoms with E-state index < -0.39 is 28.7 Å². The first-order valence-electron chi connectivity index (χ1n) is 10.2. The maximum atomic E-state index is 12.3. The largest absolute Gasteiger partial charge is 0.573 e. The number of carbonyl (C=O) groups excluding carboxylic acids is 1. The van der Waals surface area contributed by atoms with E-state index in [1.807, 2.05) is 13.8 Å². The first-order valence-corrected chi connectivity index (χ1v) is 10.2. The van der Waals surface area contributed by atoms with Gasteiger partial charge in [-0.3, -0.25) is 10.1 Å². The summed E-state index contributed by atoms with van der Waals surface area (Å²) in [6, 6.07) is 10.7. The Balaban J connectivity index is 1.77. The van der Waals surface area contributed by atoms with Crippen LogP contribution in [-0.2, 0) is 4.74 Å². The smallest absolute Gasteiger partial charge is 0.462 e. The van der Waals surface area contributed by atoms with Crippen molar-refractivity contribution in [3.63, 3.8) is 0 Å². The lowest BCUT2D eigenvalue weighted by Gasteiger charge is -2.12. The number of halogens is 3. The molecule has 3 aromatic rings. The highest BCUT2D eigenvalue weighted by Crippen LogP contribution is 2.33. The van der Waals surface area contributed by atoms with Crippen LogP contribution in [0.2, 0.25) is 0 Å². The van der Waals surface area contributed by atoms with Crippen molar-refractivity contribution >= 4 is 34.7 Å². The number of anilines is 4. The van der Waals surface area contributed by atoms with E-state index in [4.69, 9.17) is 4.74 Å². The number of nitrogens with zero attached hydrogens (tertiary/aromatic N) is 3. The highest BCUT2D eigenvalue weighted by molar-refractivity contribution is 5.90. The van der Waals surface area contributed by atoms with Gasteiger partial charge in [-0.1, -0.05) is 13.8 Å². The molecular formula is C22H20F3N5O5. The van der Waals surface area contributed by atoms with Gasteiger partial charge in [0.05, 0.1) is 17.1 Å². The minimum Gasteiger partial charge on any atom is -0.462 e. The van der Waals surface area contributed by atoms with Gasteiger partial charge in [0.1, 0.15) is 12.1 Å². The predicted molar refractivity (Wildman–Crippen MR) is 120 cm³/mol. The molecule has 0 amide bonds. The molecule has 0 atom stereocenters. The first-order chi connectivity index (χ1) is 16.5. The van der Waals surface area contributed by atoms with Crippen molar-refractivity contribution in [2.24, 2.45) is 5.92 Å². The molecule has 0 saturated carbocycles. The van der Waals surface area contributed by atoms with E-state index in [1.165, 1.54) is 36.4 Å². The van der Waals surface area contributed by atoms with Crippen LogP contribution in [0.1, 0.15) is 24.2 Å². The topological polar surface area (TPSA) is 129 Å². The third kappa shape index (κ3) is 7.28. The van der Waals surface area contributed by atoms with Crippen LogP contribution in [-0.4, -0.2) is 33.8 Å². The van der Waals surface area contributed by atoms with Crippen molar-refractivity contribution in [3.05, 3.63) is 70.5 Å². The van der Waals surface area contributed by atoms with Gasteiger partial charge >= 0.3 is 18.0 Å². The van der Waals surface area contributed by atoms with Gasteiger partial charge in [0.2, 0.25) is 11.6 Å². The number of benzene rings is 2. The van der Waals surface area contributed by atoms with E-state index in [1.54, 1.807) is 0 Å². The van der Waals surface area contributed by atoms with Crippen LogP contribution in [0.4, 0.5) is 41.9 Å². The van der Waals surface area contributed by atoms with Gasteiger partial charge < -0.3 is 20.1 Å². The number of aromatic nitrogens is 2. The second-order valence-electron chi connectivity index (χ2n) is 7.57. The third-order valence-corrected chi connectivity index (χ3v) is 4.29. The van der Waals surface area contributed by atoms with E-state index in [9.17, 15) is 28.1 Å². The van der Waals surface area contributed by atoms with Gasteiger partial charge in [-0.15, -0.1) is 13.2 Å². The normalized spacial score (nSPS) is 11.1. The molecule has 0 unspecified atom stereocenters. The lowest BCUT2D eigenvalue weighted by atomic mass is 10.2. The maximum absolute atomic E-state index is 12.3. The highest BCUT2D eigenvalue weighted by Gasteiger charge is 2.31. The molecule has 0 spiro atoms. The van der Waals surface area contributed by atoms with Gasteiger partial charge in [0.25, 0.3) is 0 Å². The third-order valence-electron chi connectivity index (χ3n) is 4.29. The number of hydrogen-bond acceptors (Lipinski definition) is 9. The molecule has 0 saturated heterocycles. The molecule has 13 heteroatoms. The van der Waals surface area contributed by atoms with E-state index in [2.05, 4.69) is 25.3 Å². The summed E-state index contributed by atoms with van der Waals surface area (Å²) < 4.78 is 45.9. The number of nitro groups is 1. The molecule has 0 fully saturated rings.